The Labute approximate surface area is 178 Å². The van der Waals surface area contributed by atoms with Gasteiger partial charge in [0.05, 0.1) is 0 Å². The van der Waals surface area contributed by atoms with E-state index in [2.05, 4.69) is 10.3 Å². The van der Waals surface area contributed by atoms with Crippen molar-refractivity contribution < 1.29 is 14.4 Å². The smallest absolute Gasteiger partial charge is 0.312 e. The average Bonchev–Trinajstić information content (AvgIpc) is 3.22. The van der Waals surface area contributed by atoms with Crippen molar-refractivity contribution in [2.24, 2.45) is 0 Å². The molecule has 3 aromatic rings. The summed E-state index contributed by atoms with van der Waals surface area (Å²) in [6, 6.07) is 16.7. The number of para-hydroxylation sites is 1. The fourth-order valence-electron chi connectivity index (χ4n) is 3.51. The highest BCUT2D eigenvalue weighted by atomic mass is 35.5. The highest BCUT2D eigenvalue weighted by Crippen LogP contribution is 2.17. The van der Waals surface area contributed by atoms with E-state index in [9.17, 15) is 14.4 Å². The molecular weight excluding hydrogens is 404 g/mol. The Balaban J connectivity index is 1.31. The van der Waals surface area contributed by atoms with Gasteiger partial charge in [-0.25, -0.2) is 0 Å². The van der Waals surface area contributed by atoms with Crippen LogP contribution in [-0.4, -0.2) is 58.7 Å². The third kappa shape index (κ3) is 4.16. The summed E-state index contributed by atoms with van der Waals surface area (Å²) in [4.78, 5) is 43.7. The highest BCUT2D eigenvalue weighted by molar-refractivity contribution is 6.35. The van der Waals surface area contributed by atoms with E-state index in [1.165, 1.54) is 4.90 Å². The number of rotatable bonds is 3. The number of piperazine rings is 1. The molecule has 30 heavy (non-hydrogen) atoms. The molecule has 0 radical (unpaired) electrons. The van der Waals surface area contributed by atoms with Crippen LogP contribution in [0, 0.1) is 0 Å². The van der Waals surface area contributed by atoms with Crippen LogP contribution in [0.2, 0.25) is 5.02 Å². The SMILES string of the molecule is O=C(NCc1ccccc1Cl)C(=O)N1CCN(C(=O)c2cc3ccccc3[nH]2)CC1. The Morgan fingerprint density at radius 3 is 2.33 bits per heavy atom. The quantitative estimate of drug-likeness (QED) is 0.633. The molecule has 1 saturated heterocycles. The maximum absolute atomic E-state index is 12.8. The number of amides is 3. The van der Waals surface area contributed by atoms with Crippen LogP contribution >= 0.6 is 11.6 Å². The van der Waals surface area contributed by atoms with Crippen LogP contribution in [0.25, 0.3) is 10.9 Å². The lowest BCUT2D eigenvalue weighted by atomic mass is 10.2. The molecule has 2 heterocycles. The number of carbonyl (C=O) groups excluding carboxylic acids is 3. The molecule has 8 heteroatoms. The minimum absolute atomic E-state index is 0.110. The zero-order valence-electron chi connectivity index (χ0n) is 16.2. The fourth-order valence-corrected chi connectivity index (χ4v) is 3.71. The van der Waals surface area contributed by atoms with Crippen molar-refractivity contribution in [2.75, 3.05) is 26.2 Å². The van der Waals surface area contributed by atoms with E-state index in [0.717, 1.165) is 16.5 Å². The van der Waals surface area contributed by atoms with E-state index < -0.39 is 11.8 Å². The molecule has 1 aliphatic heterocycles. The monoisotopic (exact) mass is 424 g/mol. The van der Waals surface area contributed by atoms with Gasteiger partial charge in [0.25, 0.3) is 5.91 Å². The molecule has 0 saturated carbocycles. The van der Waals surface area contributed by atoms with Gasteiger partial charge >= 0.3 is 11.8 Å². The van der Waals surface area contributed by atoms with Gasteiger partial charge in [0.1, 0.15) is 5.69 Å². The fraction of sp³-hybridized carbons (Fsp3) is 0.227. The second-order valence-electron chi connectivity index (χ2n) is 7.13. The maximum atomic E-state index is 12.8. The largest absolute Gasteiger partial charge is 0.351 e. The first-order valence-corrected chi connectivity index (χ1v) is 10.1. The minimum atomic E-state index is -0.676. The maximum Gasteiger partial charge on any atom is 0.312 e. The molecule has 0 unspecified atom stereocenters. The number of hydrogen-bond acceptors (Lipinski definition) is 3. The van der Waals surface area contributed by atoms with Crippen molar-refractivity contribution in [3.8, 4) is 0 Å². The Morgan fingerprint density at radius 1 is 0.933 bits per heavy atom. The predicted octanol–water partition coefficient (Wildman–Crippen LogP) is 2.42. The molecule has 1 aliphatic rings. The van der Waals surface area contributed by atoms with Gasteiger partial charge in [-0.1, -0.05) is 48.0 Å². The number of halogens is 1. The topological polar surface area (TPSA) is 85.5 Å². The van der Waals surface area contributed by atoms with Gasteiger partial charge in [0.15, 0.2) is 0 Å². The number of nitrogens with zero attached hydrogens (tertiary/aromatic N) is 2. The number of carbonyl (C=O) groups is 3. The lowest BCUT2D eigenvalue weighted by Crippen LogP contribution is -2.53. The lowest BCUT2D eigenvalue weighted by Gasteiger charge is -2.34. The molecular formula is C22H21ClN4O3. The van der Waals surface area contributed by atoms with E-state index in [-0.39, 0.29) is 12.5 Å². The van der Waals surface area contributed by atoms with Gasteiger partial charge in [-0.15, -0.1) is 0 Å². The molecule has 1 aromatic heterocycles. The van der Waals surface area contributed by atoms with Crippen LogP contribution in [0.5, 0.6) is 0 Å². The van der Waals surface area contributed by atoms with Crippen molar-refractivity contribution in [1.82, 2.24) is 20.1 Å². The van der Waals surface area contributed by atoms with Crippen LogP contribution in [0.3, 0.4) is 0 Å². The predicted molar refractivity (Wildman–Crippen MR) is 114 cm³/mol. The van der Waals surface area contributed by atoms with Gasteiger partial charge in [0.2, 0.25) is 0 Å². The third-order valence-electron chi connectivity index (χ3n) is 5.21. The number of fused-ring (bicyclic) bond motifs is 1. The van der Waals surface area contributed by atoms with Gasteiger partial charge in [-0.05, 0) is 23.8 Å². The van der Waals surface area contributed by atoms with E-state index in [0.29, 0.717) is 36.9 Å². The van der Waals surface area contributed by atoms with Crippen molar-refractivity contribution in [3.05, 3.63) is 70.9 Å². The van der Waals surface area contributed by atoms with Gasteiger partial charge in [-0.2, -0.15) is 0 Å². The summed E-state index contributed by atoms with van der Waals surface area (Å²) in [6.07, 6.45) is 0. The van der Waals surface area contributed by atoms with Gasteiger partial charge in [-0.3, -0.25) is 14.4 Å². The molecule has 0 aliphatic carbocycles. The summed E-state index contributed by atoms with van der Waals surface area (Å²) in [5.74, 6) is -1.38. The summed E-state index contributed by atoms with van der Waals surface area (Å²) < 4.78 is 0. The number of nitrogens with one attached hydrogen (secondary N) is 2. The number of hydrogen-bond donors (Lipinski definition) is 2. The van der Waals surface area contributed by atoms with E-state index in [1.54, 1.807) is 23.1 Å². The summed E-state index contributed by atoms with van der Waals surface area (Å²) in [6.45, 7) is 1.55. The summed E-state index contributed by atoms with van der Waals surface area (Å²) >= 11 is 6.07. The summed E-state index contributed by atoms with van der Waals surface area (Å²) in [5.41, 5.74) is 2.17. The van der Waals surface area contributed by atoms with E-state index in [4.69, 9.17) is 11.6 Å². The second-order valence-corrected chi connectivity index (χ2v) is 7.54. The van der Waals surface area contributed by atoms with Crippen molar-refractivity contribution in [2.45, 2.75) is 6.54 Å². The number of benzene rings is 2. The standard InChI is InChI=1S/C22H21ClN4O3/c23-17-7-3-1-6-16(17)14-24-20(28)22(30)27-11-9-26(10-12-27)21(29)19-13-15-5-2-4-8-18(15)25-19/h1-8,13,25H,9-12,14H2,(H,24,28). The second kappa shape index (κ2) is 8.59. The van der Waals surface area contributed by atoms with Gasteiger partial charge < -0.3 is 20.1 Å². The molecule has 7 nitrogen and oxygen atoms in total. The molecule has 4 rings (SSSR count). The molecule has 1 fully saturated rings. The molecule has 3 amide bonds. The first-order valence-electron chi connectivity index (χ1n) is 9.70. The first-order chi connectivity index (χ1) is 14.5. The summed E-state index contributed by atoms with van der Waals surface area (Å²) in [5, 5.41) is 4.12. The first kappa shape index (κ1) is 20.0. The molecule has 0 bridgehead atoms. The van der Waals surface area contributed by atoms with Crippen LogP contribution in [-0.2, 0) is 16.1 Å². The Hall–Kier alpha value is -3.32. The highest BCUT2D eigenvalue weighted by Gasteiger charge is 2.28. The van der Waals surface area contributed by atoms with Crippen molar-refractivity contribution in [1.29, 1.82) is 0 Å². The molecule has 154 valence electrons. The number of H-pyrrole nitrogens is 1. The van der Waals surface area contributed by atoms with Crippen LogP contribution < -0.4 is 5.32 Å². The molecule has 2 aromatic carbocycles. The Morgan fingerprint density at radius 2 is 1.60 bits per heavy atom. The lowest BCUT2D eigenvalue weighted by molar-refractivity contribution is -0.146. The Bertz CT molecular complexity index is 1070. The van der Waals surface area contributed by atoms with E-state index >= 15 is 0 Å². The number of aromatic nitrogens is 1. The van der Waals surface area contributed by atoms with Crippen molar-refractivity contribution >= 4 is 40.2 Å². The normalized spacial score (nSPS) is 14.0. The molecule has 0 atom stereocenters. The van der Waals surface area contributed by atoms with Crippen molar-refractivity contribution in [3.63, 3.8) is 0 Å². The zero-order chi connectivity index (χ0) is 21.1. The number of aromatic amines is 1. The van der Waals surface area contributed by atoms with Crippen LogP contribution in [0.1, 0.15) is 16.1 Å². The van der Waals surface area contributed by atoms with Crippen LogP contribution in [0.4, 0.5) is 0 Å². The molecule has 0 spiro atoms. The van der Waals surface area contributed by atoms with E-state index in [1.807, 2.05) is 36.4 Å². The minimum Gasteiger partial charge on any atom is -0.351 e. The summed E-state index contributed by atoms with van der Waals surface area (Å²) in [7, 11) is 0. The average molecular weight is 425 g/mol. The molecule has 2 N–H and O–H groups in total. The third-order valence-corrected chi connectivity index (χ3v) is 5.57. The van der Waals surface area contributed by atoms with Gasteiger partial charge in [0, 0.05) is 48.6 Å². The van der Waals surface area contributed by atoms with Crippen LogP contribution in [0.15, 0.2) is 54.6 Å². The Kier molecular flexibility index (Phi) is 5.72. The zero-order valence-corrected chi connectivity index (χ0v) is 17.0.